The maximum absolute atomic E-state index is 7.83. The van der Waals surface area contributed by atoms with Gasteiger partial charge in [0.15, 0.2) is 12.4 Å². The predicted octanol–water partition coefficient (Wildman–Crippen LogP) is 18.1. The van der Waals surface area contributed by atoms with Crippen LogP contribution in [0.1, 0.15) is 80.4 Å². The highest BCUT2D eigenvalue weighted by Crippen LogP contribution is 2.45. The molecule has 2 aromatic heterocycles. The molecule has 0 saturated carbocycles. The number of para-hydroxylation sites is 8. The number of hydrogen-bond donors (Lipinski definition) is 0. The van der Waals surface area contributed by atoms with E-state index in [1.807, 2.05) is 111 Å². The molecule has 0 bridgehead atoms. The van der Waals surface area contributed by atoms with E-state index in [-0.39, 0.29) is 6.17 Å². The largest absolute Gasteiger partial charge is 0.353 e. The Labute approximate surface area is 527 Å². The van der Waals surface area contributed by atoms with E-state index in [4.69, 9.17) is 6.85 Å². The molecular formula is C79H90N8+2. The van der Waals surface area contributed by atoms with Gasteiger partial charge in [-0.05, 0) is 175 Å². The number of hydrogen-bond acceptors (Lipinski definition) is 6. The Morgan fingerprint density at radius 2 is 0.747 bits per heavy atom. The average Bonchev–Trinajstić information content (AvgIpc) is 1.61. The van der Waals surface area contributed by atoms with Crippen molar-refractivity contribution in [3.63, 3.8) is 0 Å². The first-order valence-electron chi connectivity index (χ1n) is 32.9. The quantitative estimate of drug-likeness (QED) is 0.141. The molecule has 0 N–H and O–H groups in total. The number of aromatic nitrogens is 2. The molecule has 8 aromatic carbocycles. The molecule has 87 heavy (non-hydrogen) atoms. The smallest absolute Gasteiger partial charge is 0.212 e. The van der Waals surface area contributed by atoms with E-state index in [1.54, 1.807) is 6.92 Å². The number of aryl methyl sites for hydroxylation is 9. The van der Waals surface area contributed by atoms with Gasteiger partial charge in [-0.2, -0.15) is 0 Å². The van der Waals surface area contributed by atoms with Crippen LogP contribution in [0.5, 0.6) is 0 Å². The van der Waals surface area contributed by atoms with Crippen LogP contribution in [0.4, 0.5) is 45.5 Å². The lowest BCUT2D eigenvalue weighted by molar-refractivity contribution is -0.660. The molecule has 444 valence electrons. The monoisotopic (exact) mass is 1160 g/mol. The summed E-state index contributed by atoms with van der Waals surface area (Å²) in [7, 11) is 6.22. The molecule has 8 nitrogen and oxygen atoms in total. The van der Waals surface area contributed by atoms with E-state index in [2.05, 4.69) is 256 Å². The van der Waals surface area contributed by atoms with E-state index in [9.17, 15) is 0 Å². The highest BCUT2D eigenvalue weighted by molar-refractivity contribution is 5.85. The number of fused-ring (bicyclic) bond motifs is 2. The molecule has 3 aliphatic heterocycles. The van der Waals surface area contributed by atoms with Gasteiger partial charge < -0.3 is 29.4 Å². The van der Waals surface area contributed by atoms with E-state index in [1.165, 1.54) is 78.0 Å². The van der Waals surface area contributed by atoms with Crippen LogP contribution < -0.4 is 38.5 Å². The normalized spacial score (nSPS) is 16.4. The lowest BCUT2D eigenvalue weighted by Gasteiger charge is -2.30. The van der Waals surface area contributed by atoms with E-state index in [0.717, 1.165) is 34.7 Å². The number of nitrogens with zero attached hydrogens (tertiary/aromatic N) is 8. The third kappa shape index (κ3) is 14.0. The molecule has 0 fully saturated rings. The van der Waals surface area contributed by atoms with Crippen molar-refractivity contribution < 1.29 is 16.0 Å². The molecule has 5 heterocycles. The summed E-state index contributed by atoms with van der Waals surface area (Å²) in [6.07, 6.45) is 8.54. The van der Waals surface area contributed by atoms with Crippen LogP contribution in [0.15, 0.2) is 249 Å². The summed E-state index contributed by atoms with van der Waals surface area (Å²) in [5, 5.41) is 0. The third-order valence-corrected chi connectivity index (χ3v) is 16.9. The molecule has 0 aliphatic carbocycles. The Hall–Kier alpha value is -9.40. The number of benzene rings is 8. The van der Waals surface area contributed by atoms with Crippen molar-refractivity contribution in [3.05, 3.63) is 288 Å². The fourth-order valence-electron chi connectivity index (χ4n) is 11.7. The van der Waals surface area contributed by atoms with Crippen LogP contribution in [0.2, 0.25) is 0 Å². The zero-order valence-corrected chi connectivity index (χ0v) is 53.2. The summed E-state index contributed by atoms with van der Waals surface area (Å²) in [5.41, 5.74) is 22.4. The standard InChI is InChI=1S/C17H18N2.2C16H18N2.2C15H18N/c1-14-8-6-7-11-17(14)19-13-12-18(15(19)2)16-9-4-3-5-10-16;2*1-12-8-4-5-9-14(12)18-13(2)17(3)15-10-6-7-11-16(15)18;2*1-4-13-9-10-15(16(3)11-13)14-8-6-5-7-12(14)2/h3-13,15H,1-2H3;2*4-11,13H,1-3H3;2*5-11H,4H2,1-3H3/q;;;2*+1/t15-;2*13-;;/m000../s1/i;3D3;;4D2;. The molecule has 0 unspecified atom stereocenters. The van der Waals surface area contributed by atoms with Crippen LogP contribution in [-0.2, 0) is 26.9 Å². The molecular weight excluding hydrogens is 1060 g/mol. The van der Waals surface area contributed by atoms with Crippen molar-refractivity contribution in [2.24, 2.45) is 14.1 Å². The summed E-state index contributed by atoms with van der Waals surface area (Å²) in [6.45, 7) is 18.6. The van der Waals surface area contributed by atoms with Crippen molar-refractivity contribution >= 4 is 45.5 Å². The second-order valence-corrected chi connectivity index (χ2v) is 22.6. The van der Waals surface area contributed by atoms with Crippen LogP contribution >= 0.6 is 0 Å². The predicted molar refractivity (Wildman–Crippen MR) is 371 cm³/mol. The highest BCUT2D eigenvalue weighted by Gasteiger charge is 2.33. The first-order chi connectivity index (χ1) is 44.0. The van der Waals surface area contributed by atoms with Crippen molar-refractivity contribution in [1.29, 1.82) is 0 Å². The Bertz CT molecular complexity index is 4140. The summed E-state index contributed by atoms with van der Waals surface area (Å²) < 4.78 is 43.2. The summed E-state index contributed by atoms with van der Waals surface area (Å²) in [4.78, 5) is 12.9. The third-order valence-electron chi connectivity index (χ3n) is 16.9. The van der Waals surface area contributed by atoms with Crippen LogP contribution in [0.3, 0.4) is 0 Å². The second kappa shape index (κ2) is 28.7. The molecule has 0 spiro atoms. The van der Waals surface area contributed by atoms with Crippen molar-refractivity contribution in [2.75, 3.05) is 43.4 Å². The zero-order valence-electron chi connectivity index (χ0n) is 58.2. The van der Waals surface area contributed by atoms with E-state index >= 15 is 0 Å². The van der Waals surface area contributed by atoms with Gasteiger partial charge >= 0.3 is 0 Å². The minimum atomic E-state index is -2.16. The minimum Gasteiger partial charge on any atom is -0.353 e. The molecule has 8 heteroatoms. The van der Waals surface area contributed by atoms with Crippen molar-refractivity contribution in [3.8, 4) is 22.5 Å². The zero-order chi connectivity index (χ0) is 66.0. The average molecular weight is 1160 g/mol. The maximum atomic E-state index is 7.83. The van der Waals surface area contributed by atoms with Crippen LogP contribution in [0, 0.1) is 34.6 Å². The van der Waals surface area contributed by atoms with Gasteiger partial charge in [0.25, 0.3) is 0 Å². The molecule has 3 atom stereocenters. The summed E-state index contributed by atoms with van der Waals surface area (Å²) in [5.74, 6) is 0. The van der Waals surface area contributed by atoms with Gasteiger partial charge in [-0.1, -0.05) is 147 Å². The van der Waals surface area contributed by atoms with Crippen molar-refractivity contribution in [1.82, 2.24) is 0 Å². The lowest BCUT2D eigenvalue weighted by atomic mass is 10.0. The Morgan fingerprint density at radius 3 is 1.18 bits per heavy atom. The van der Waals surface area contributed by atoms with Crippen molar-refractivity contribution in [2.45, 2.75) is 101 Å². The van der Waals surface area contributed by atoms with Crippen LogP contribution in [0.25, 0.3) is 22.5 Å². The van der Waals surface area contributed by atoms with Gasteiger partial charge in [0, 0.05) is 90.4 Å². The molecule has 3 aliphatic rings. The fraction of sp³-hybridized carbons (Fsp3) is 0.241. The van der Waals surface area contributed by atoms with Gasteiger partial charge in [0.05, 0.1) is 22.7 Å². The van der Waals surface area contributed by atoms with Gasteiger partial charge in [-0.25, -0.2) is 9.13 Å². The fourth-order valence-corrected chi connectivity index (χ4v) is 11.7. The molecule has 13 rings (SSSR count). The molecule has 0 amide bonds. The topological polar surface area (TPSA) is 27.2 Å². The van der Waals surface area contributed by atoms with Gasteiger partial charge in [-0.15, -0.1) is 0 Å². The number of anilines is 8. The minimum absolute atomic E-state index is 0.254. The number of pyridine rings is 2. The van der Waals surface area contributed by atoms with Crippen LogP contribution in [-0.4, -0.2) is 32.5 Å². The Kier molecular flexibility index (Phi) is 18.3. The molecule has 10 aromatic rings. The molecule has 0 radical (unpaired) electrons. The summed E-state index contributed by atoms with van der Waals surface area (Å²) >= 11 is 0. The molecule has 0 saturated heterocycles. The maximum Gasteiger partial charge on any atom is 0.212 e. The highest BCUT2D eigenvalue weighted by atomic mass is 15.4. The Balaban J connectivity index is 0.000000136. The van der Waals surface area contributed by atoms with E-state index < -0.39 is 13.3 Å². The first kappa shape index (κ1) is 55.5. The first-order valence-corrected chi connectivity index (χ1v) is 30.4. The van der Waals surface area contributed by atoms with E-state index in [0.29, 0.717) is 17.9 Å². The lowest BCUT2D eigenvalue weighted by Crippen LogP contribution is -2.36. The van der Waals surface area contributed by atoms with Gasteiger partial charge in [0.1, 0.15) is 32.6 Å². The second-order valence-electron chi connectivity index (χ2n) is 22.6. The summed E-state index contributed by atoms with van der Waals surface area (Å²) in [6, 6.07) is 76.9. The number of rotatable bonds is 8. The Morgan fingerprint density at radius 1 is 0.379 bits per heavy atom. The van der Waals surface area contributed by atoms with Gasteiger partial charge in [0.2, 0.25) is 11.4 Å². The SMILES string of the molecule is CCc1ccc(-c2ccccc2C)[n+](C)c1.Cc1ccccc1N1C=CN(c2ccccc2)[C@@H]1C.Cc1ccccc1N1c2ccccc2N(C)[C@@H]1C.[2H]C([2H])(C)c1ccc(-c2ccccc2C)[n+](C)c1.[2H]C([2H])([2H])N1c2ccccc2N(c2ccccc2C)[C@H]1C. The van der Waals surface area contributed by atoms with Gasteiger partial charge in [-0.3, -0.25) is 0 Å².